The van der Waals surface area contributed by atoms with Crippen molar-refractivity contribution in [1.82, 2.24) is 0 Å². The van der Waals surface area contributed by atoms with Gasteiger partial charge < -0.3 is 9.47 Å². The first-order chi connectivity index (χ1) is 11.1. The Balaban J connectivity index is 2.22. The Bertz CT molecular complexity index is 722. The fourth-order valence-electron chi connectivity index (χ4n) is 1.96. The summed E-state index contributed by atoms with van der Waals surface area (Å²) in [5.41, 5.74) is 2.14. The first-order valence-electron chi connectivity index (χ1n) is 7.50. The zero-order chi connectivity index (χ0) is 16.7. The van der Waals surface area contributed by atoms with E-state index in [1.165, 1.54) is 7.11 Å². The maximum Gasteiger partial charge on any atom is 0.339 e. The van der Waals surface area contributed by atoms with E-state index in [-0.39, 0.29) is 5.92 Å². The molecular formula is C20H20O3. The lowest BCUT2D eigenvalue weighted by Crippen LogP contribution is -2.05. The van der Waals surface area contributed by atoms with E-state index in [9.17, 15) is 4.79 Å². The third-order valence-corrected chi connectivity index (χ3v) is 3.14. The third-order valence-electron chi connectivity index (χ3n) is 3.14. The molecule has 0 saturated carbocycles. The van der Waals surface area contributed by atoms with Gasteiger partial charge in [-0.25, -0.2) is 4.79 Å². The van der Waals surface area contributed by atoms with E-state index in [1.807, 2.05) is 50.2 Å². The normalized spacial score (nSPS) is 9.91. The van der Waals surface area contributed by atoms with E-state index in [4.69, 9.17) is 9.47 Å². The summed E-state index contributed by atoms with van der Waals surface area (Å²) in [7, 11) is 1.36. The van der Waals surface area contributed by atoms with Crippen LogP contribution in [0.15, 0.2) is 48.5 Å². The number of methoxy groups -OCH3 is 1. The van der Waals surface area contributed by atoms with Crippen LogP contribution < -0.4 is 4.74 Å². The summed E-state index contributed by atoms with van der Waals surface area (Å²) >= 11 is 0. The Morgan fingerprint density at radius 1 is 1.13 bits per heavy atom. The number of rotatable bonds is 4. The summed E-state index contributed by atoms with van der Waals surface area (Å²) in [6.45, 7) is 4.45. The van der Waals surface area contributed by atoms with E-state index in [2.05, 4.69) is 11.8 Å². The standard InChI is InChI=1S/C20H20O3/c1-15(2)9-10-17-11-12-18(13-19(17)20(21)22-3)23-14-16-7-5-4-6-8-16/h4-8,11-13,15H,14H2,1-3H3. The van der Waals surface area contributed by atoms with Crippen LogP contribution in [0.4, 0.5) is 0 Å². The molecule has 0 heterocycles. The van der Waals surface area contributed by atoms with Gasteiger partial charge in [0, 0.05) is 11.5 Å². The fourth-order valence-corrected chi connectivity index (χ4v) is 1.96. The minimum absolute atomic E-state index is 0.231. The van der Waals surface area contributed by atoms with Gasteiger partial charge in [-0.05, 0) is 23.8 Å². The zero-order valence-corrected chi connectivity index (χ0v) is 13.6. The maximum absolute atomic E-state index is 12.0. The molecule has 2 rings (SSSR count). The molecule has 0 amide bonds. The second-order valence-electron chi connectivity index (χ2n) is 5.40. The fraction of sp³-hybridized carbons (Fsp3) is 0.250. The van der Waals surface area contributed by atoms with Crippen molar-refractivity contribution in [1.29, 1.82) is 0 Å². The molecule has 2 aromatic rings. The average molecular weight is 308 g/mol. The number of hydrogen-bond acceptors (Lipinski definition) is 3. The Hall–Kier alpha value is -2.73. The predicted molar refractivity (Wildman–Crippen MR) is 90.3 cm³/mol. The first-order valence-corrected chi connectivity index (χ1v) is 7.50. The monoisotopic (exact) mass is 308 g/mol. The van der Waals surface area contributed by atoms with Gasteiger partial charge in [0.1, 0.15) is 12.4 Å². The number of benzene rings is 2. The highest BCUT2D eigenvalue weighted by Crippen LogP contribution is 2.20. The van der Waals surface area contributed by atoms with Crippen LogP contribution in [0.5, 0.6) is 5.75 Å². The van der Waals surface area contributed by atoms with Gasteiger partial charge in [0.25, 0.3) is 0 Å². The number of ether oxygens (including phenoxy) is 2. The van der Waals surface area contributed by atoms with Crippen molar-refractivity contribution in [2.45, 2.75) is 20.5 Å². The molecule has 0 saturated heterocycles. The summed E-state index contributed by atoms with van der Waals surface area (Å²) in [6, 6.07) is 15.2. The third kappa shape index (κ3) is 4.89. The maximum atomic E-state index is 12.0. The molecular weight excluding hydrogens is 288 g/mol. The summed E-state index contributed by atoms with van der Waals surface area (Å²) in [6.07, 6.45) is 0. The molecule has 0 aromatic heterocycles. The summed E-state index contributed by atoms with van der Waals surface area (Å²) in [5, 5.41) is 0. The van der Waals surface area contributed by atoms with Gasteiger partial charge in [-0.1, -0.05) is 56.0 Å². The van der Waals surface area contributed by atoms with Crippen LogP contribution in [-0.4, -0.2) is 13.1 Å². The van der Waals surface area contributed by atoms with Crippen molar-refractivity contribution in [2.24, 2.45) is 5.92 Å². The van der Waals surface area contributed by atoms with Crippen molar-refractivity contribution < 1.29 is 14.3 Å². The molecule has 0 fully saturated rings. The molecule has 0 atom stereocenters. The molecule has 2 aromatic carbocycles. The Kier molecular flexibility index (Phi) is 5.82. The van der Waals surface area contributed by atoms with Crippen molar-refractivity contribution in [3.05, 3.63) is 65.2 Å². The number of carbonyl (C=O) groups is 1. The first kappa shape index (κ1) is 16.6. The van der Waals surface area contributed by atoms with Gasteiger partial charge >= 0.3 is 5.97 Å². The van der Waals surface area contributed by atoms with Crippen molar-refractivity contribution >= 4 is 5.97 Å². The molecule has 0 spiro atoms. The minimum Gasteiger partial charge on any atom is -0.489 e. The number of esters is 1. The van der Waals surface area contributed by atoms with Crippen molar-refractivity contribution in [3.63, 3.8) is 0 Å². The highest BCUT2D eigenvalue weighted by atomic mass is 16.5. The molecule has 3 heteroatoms. The van der Waals surface area contributed by atoms with Crippen LogP contribution in [-0.2, 0) is 11.3 Å². The summed E-state index contributed by atoms with van der Waals surface area (Å²) in [5.74, 6) is 6.51. The van der Waals surface area contributed by atoms with Gasteiger partial charge in [-0.3, -0.25) is 0 Å². The van der Waals surface area contributed by atoms with Crippen LogP contribution in [0, 0.1) is 17.8 Å². The SMILES string of the molecule is COC(=O)c1cc(OCc2ccccc2)ccc1C#CC(C)C. The quantitative estimate of drug-likeness (QED) is 0.631. The molecule has 0 bridgehead atoms. The topological polar surface area (TPSA) is 35.5 Å². The number of carbonyl (C=O) groups excluding carboxylic acids is 1. The molecule has 0 radical (unpaired) electrons. The molecule has 0 aliphatic carbocycles. The van der Waals surface area contributed by atoms with Crippen molar-refractivity contribution in [2.75, 3.05) is 7.11 Å². The van der Waals surface area contributed by atoms with Crippen LogP contribution in [0.3, 0.4) is 0 Å². The highest BCUT2D eigenvalue weighted by molar-refractivity contribution is 5.92. The minimum atomic E-state index is -0.414. The number of hydrogen-bond donors (Lipinski definition) is 0. The van der Waals surface area contributed by atoms with Crippen molar-refractivity contribution in [3.8, 4) is 17.6 Å². The molecule has 118 valence electrons. The zero-order valence-electron chi connectivity index (χ0n) is 13.6. The lowest BCUT2D eigenvalue weighted by atomic mass is 10.1. The molecule has 0 aliphatic heterocycles. The smallest absolute Gasteiger partial charge is 0.339 e. The van der Waals surface area contributed by atoms with Crippen LogP contribution in [0.2, 0.25) is 0 Å². The molecule has 0 aliphatic rings. The molecule has 0 unspecified atom stereocenters. The lowest BCUT2D eigenvalue weighted by molar-refractivity contribution is 0.0600. The summed E-state index contributed by atoms with van der Waals surface area (Å²) in [4.78, 5) is 12.0. The van der Waals surface area contributed by atoms with E-state index in [0.29, 0.717) is 23.5 Å². The van der Waals surface area contributed by atoms with E-state index >= 15 is 0 Å². The van der Waals surface area contributed by atoms with Crippen LogP contribution in [0.1, 0.15) is 35.3 Å². The van der Waals surface area contributed by atoms with Crippen LogP contribution >= 0.6 is 0 Å². The predicted octanol–water partition coefficient (Wildman–Crippen LogP) is 4.06. The van der Waals surface area contributed by atoms with Gasteiger partial charge in [0.15, 0.2) is 0 Å². The largest absolute Gasteiger partial charge is 0.489 e. The van der Waals surface area contributed by atoms with Crippen LogP contribution in [0.25, 0.3) is 0 Å². The average Bonchev–Trinajstić information content (AvgIpc) is 2.58. The lowest BCUT2D eigenvalue weighted by Gasteiger charge is -2.09. The van der Waals surface area contributed by atoms with E-state index in [0.717, 1.165) is 5.56 Å². The second-order valence-corrected chi connectivity index (χ2v) is 5.40. The second kappa shape index (κ2) is 8.05. The van der Waals surface area contributed by atoms with Gasteiger partial charge in [0.2, 0.25) is 0 Å². The summed E-state index contributed by atoms with van der Waals surface area (Å²) < 4.78 is 10.6. The Morgan fingerprint density at radius 2 is 1.87 bits per heavy atom. The van der Waals surface area contributed by atoms with E-state index in [1.54, 1.807) is 12.1 Å². The van der Waals surface area contributed by atoms with Gasteiger partial charge in [-0.15, -0.1) is 0 Å². The van der Waals surface area contributed by atoms with E-state index < -0.39 is 5.97 Å². The Morgan fingerprint density at radius 3 is 2.52 bits per heavy atom. The highest BCUT2D eigenvalue weighted by Gasteiger charge is 2.12. The molecule has 0 N–H and O–H groups in total. The van der Waals surface area contributed by atoms with Gasteiger partial charge in [0.05, 0.1) is 12.7 Å². The molecule has 3 nitrogen and oxygen atoms in total. The molecule has 23 heavy (non-hydrogen) atoms. The van der Waals surface area contributed by atoms with Gasteiger partial charge in [-0.2, -0.15) is 0 Å². The Labute approximate surface area is 137 Å².